The van der Waals surface area contributed by atoms with Crippen LogP contribution < -0.4 is 16.0 Å². The molecule has 0 bridgehead atoms. The van der Waals surface area contributed by atoms with Gasteiger partial charge in [0.1, 0.15) is 17.9 Å². The molecule has 0 aliphatic heterocycles. The van der Waals surface area contributed by atoms with Crippen molar-refractivity contribution in [1.29, 1.82) is 0 Å². The van der Waals surface area contributed by atoms with E-state index in [1.54, 1.807) is 0 Å². The van der Waals surface area contributed by atoms with Crippen LogP contribution in [0.4, 0.5) is 15.9 Å². The summed E-state index contributed by atoms with van der Waals surface area (Å²) in [5.74, 6) is 4.01. The quantitative estimate of drug-likeness (QED) is 0.505. The second-order valence-corrected chi connectivity index (χ2v) is 3.86. The van der Waals surface area contributed by atoms with E-state index in [-0.39, 0.29) is 22.5 Å². The molecule has 1 aromatic heterocycles. The standard InChI is InChI=1S/C10H7ClFN5O3/c11-6-3-5(1-2-7(6)12)20-10-8(17(18)19)9(16-13)14-4-15-10/h1-4H,13H2,(H,14,15,16). The maximum Gasteiger partial charge on any atom is 0.374 e. The van der Waals surface area contributed by atoms with Gasteiger partial charge in [0.15, 0.2) is 0 Å². The molecule has 3 N–H and O–H groups in total. The number of hydrazine groups is 1. The van der Waals surface area contributed by atoms with Crippen LogP contribution in [0.15, 0.2) is 24.5 Å². The molecule has 20 heavy (non-hydrogen) atoms. The molecule has 2 aromatic rings. The predicted molar refractivity (Wildman–Crippen MR) is 68.0 cm³/mol. The predicted octanol–water partition coefficient (Wildman–Crippen LogP) is 2.26. The van der Waals surface area contributed by atoms with Crippen LogP contribution in [0.2, 0.25) is 5.02 Å². The average Bonchev–Trinajstić information content (AvgIpc) is 2.42. The Hall–Kier alpha value is -2.52. The molecule has 104 valence electrons. The fourth-order valence-electron chi connectivity index (χ4n) is 1.36. The molecular formula is C10H7ClFN5O3. The number of aromatic nitrogens is 2. The lowest BCUT2D eigenvalue weighted by molar-refractivity contribution is -0.385. The van der Waals surface area contributed by atoms with Gasteiger partial charge in [-0.25, -0.2) is 15.2 Å². The zero-order valence-corrected chi connectivity index (χ0v) is 10.5. The minimum Gasteiger partial charge on any atom is -0.433 e. The Labute approximate surface area is 116 Å². The molecule has 2 rings (SSSR count). The number of nitrogens with two attached hydrogens (primary N) is 1. The van der Waals surface area contributed by atoms with Crippen LogP contribution in [0.3, 0.4) is 0 Å². The molecule has 10 heteroatoms. The van der Waals surface area contributed by atoms with Crippen molar-refractivity contribution in [2.24, 2.45) is 5.84 Å². The third kappa shape index (κ3) is 2.73. The zero-order chi connectivity index (χ0) is 14.7. The van der Waals surface area contributed by atoms with Gasteiger partial charge in [0.25, 0.3) is 0 Å². The minimum atomic E-state index is -0.754. The van der Waals surface area contributed by atoms with Crippen LogP contribution in [-0.2, 0) is 0 Å². The highest BCUT2D eigenvalue weighted by molar-refractivity contribution is 6.30. The Bertz CT molecular complexity index is 669. The van der Waals surface area contributed by atoms with E-state index in [4.69, 9.17) is 22.2 Å². The van der Waals surface area contributed by atoms with Crippen molar-refractivity contribution in [2.45, 2.75) is 0 Å². The first-order chi connectivity index (χ1) is 9.52. The number of hydrogen-bond acceptors (Lipinski definition) is 7. The zero-order valence-electron chi connectivity index (χ0n) is 9.71. The Morgan fingerprint density at radius 1 is 1.45 bits per heavy atom. The third-order valence-corrected chi connectivity index (χ3v) is 2.50. The van der Waals surface area contributed by atoms with Crippen molar-refractivity contribution in [1.82, 2.24) is 9.97 Å². The normalized spacial score (nSPS) is 10.2. The number of anilines is 1. The number of ether oxygens (including phenoxy) is 1. The summed E-state index contributed by atoms with van der Waals surface area (Å²) >= 11 is 5.59. The highest BCUT2D eigenvalue weighted by Crippen LogP contribution is 2.34. The number of hydrogen-bond donors (Lipinski definition) is 2. The number of halogens is 2. The summed E-state index contributed by atoms with van der Waals surface area (Å²) in [7, 11) is 0. The first kappa shape index (κ1) is 13.9. The van der Waals surface area contributed by atoms with Crippen molar-refractivity contribution in [3.05, 3.63) is 45.5 Å². The van der Waals surface area contributed by atoms with Gasteiger partial charge in [0.2, 0.25) is 5.82 Å². The van der Waals surface area contributed by atoms with E-state index in [2.05, 4.69) is 15.4 Å². The highest BCUT2D eigenvalue weighted by atomic mass is 35.5. The fourth-order valence-corrected chi connectivity index (χ4v) is 1.53. The first-order valence-electron chi connectivity index (χ1n) is 5.12. The molecule has 0 saturated carbocycles. The minimum absolute atomic E-state index is 0.0844. The maximum atomic E-state index is 13.0. The van der Waals surface area contributed by atoms with Gasteiger partial charge < -0.3 is 10.2 Å². The van der Waals surface area contributed by atoms with Crippen molar-refractivity contribution >= 4 is 23.1 Å². The number of nitrogens with zero attached hydrogens (tertiary/aromatic N) is 3. The van der Waals surface area contributed by atoms with Crippen molar-refractivity contribution in [2.75, 3.05) is 5.43 Å². The number of benzene rings is 1. The van der Waals surface area contributed by atoms with E-state index >= 15 is 0 Å². The maximum absolute atomic E-state index is 13.0. The summed E-state index contributed by atoms with van der Waals surface area (Å²) in [4.78, 5) is 17.5. The van der Waals surface area contributed by atoms with Gasteiger partial charge in [-0.2, -0.15) is 4.98 Å². The Kier molecular flexibility index (Phi) is 3.91. The van der Waals surface area contributed by atoms with Gasteiger partial charge in [0, 0.05) is 6.07 Å². The molecular weight excluding hydrogens is 293 g/mol. The smallest absolute Gasteiger partial charge is 0.374 e. The van der Waals surface area contributed by atoms with Gasteiger partial charge in [-0.1, -0.05) is 11.6 Å². The van der Waals surface area contributed by atoms with E-state index < -0.39 is 16.4 Å². The molecule has 0 aliphatic rings. The molecule has 0 spiro atoms. The number of nitro groups is 1. The van der Waals surface area contributed by atoms with E-state index in [9.17, 15) is 14.5 Å². The van der Waals surface area contributed by atoms with Crippen LogP contribution in [-0.4, -0.2) is 14.9 Å². The van der Waals surface area contributed by atoms with E-state index in [0.29, 0.717) is 0 Å². The topological polar surface area (TPSA) is 116 Å². The number of nitrogens with one attached hydrogen (secondary N) is 1. The van der Waals surface area contributed by atoms with Crippen LogP contribution >= 0.6 is 11.6 Å². The Morgan fingerprint density at radius 2 is 2.20 bits per heavy atom. The van der Waals surface area contributed by atoms with E-state index in [1.165, 1.54) is 6.07 Å². The first-order valence-corrected chi connectivity index (χ1v) is 5.49. The molecule has 0 amide bonds. The molecule has 0 aliphatic carbocycles. The third-order valence-electron chi connectivity index (χ3n) is 2.21. The van der Waals surface area contributed by atoms with Gasteiger partial charge in [-0.3, -0.25) is 10.1 Å². The molecule has 0 radical (unpaired) electrons. The van der Waals surface area contributed by atoms with Crippen molar-refractivity contribution < 1.29 is 14.1 Å². The molecule has 0 saturated heterocycles. The second kappa shape index (κ2) is 5.63. The summed E-state index contributed by atoms with van der Waals surface area (Å²) in [5, 5.41) is 10.8. The van der Waals surface area contributed by atoms with Crippen LogP contribution in [0, 0.1) is 15.9 Å². The summed E-state index contributed by atoms with van der Waals surface area (Å²) in [6.07, 6.45) is 1.03. The fraction of sp³-hybridized carbons (Fsp3) is 0. The Balaban J connectivity index is 2.42. The number of nitrogen functional groups attached to an aromatic ring is 1. The summed E-state index contributed by atoms with van der Waals surface area (Å²) < 4.78 is 18.2. The molecule has 0 unspecified atom stereocenters. The van der Waals surface area contributed by atoms with Crippen molar-refractivity contribution in [3.8, 4) is 11.6 Å². The highest BCUT2D eigenvalue weighted by Gasteiger charge is 2.24. The summed E-state index contributed by atoms with van der Waals surface area (Å²) in [6, 6.07) is 3.48. The van der Waals surface area contributed by atoms with E-state index in [0.717, 1.165) is 18.5 Å². The van der Waals surface area contributed by atoms with Gasteiger partial charge in [-0.05, 0) is 12.1 Å². The Morgan fingerprint density at radius 3 is 2.80 bits per heavy atom. The summed E-state index contributed by atoms with van der Waals surface area (Å²) in [6.45, 7) is 0. The number of rotatable bonds is 4. The van der Waals surface area contributed by atoms with Crippen molar-refractivity contribution in [3.63, 3.8) is 0 Å². The largest absolute Gasteiger partial charge is 0.433 e. The lowest BCUT2D eigenvalue weighted by Crippen LogP contribution is -2.12. The summed E-state index contributed by atoms with van der Waals surface area (Å²) in [5.41, 5.74) is 1.52. The van der Waals surface area contributed by atoms with Gasteiger partial charge in [0.05, 0.1) is 9.95 Å². The SMILES string of the molecule is NNc1ncnc(Oc2ccc(F)c(Cl)c2)c1[N+](=O)[O-]. The molecule has 8 nitrogen and oxygen atoms in total. The monoisotopic (exact) mass is 299 g/mol. The molecule has 0 fully saturated rings. The average molecular weight is 300 g/mol. The lowest BCUT2D eigenvalue weighted by Gasteiger charge is -2.07. The van der Waals surface area contributed by atoms with Crippen LogP contribution in [0.25, 0.3) is 0 Å². The van der Waals surface area contributed by atoms with Gasteiger partial charge >= 0.3 is 11.6 Å². The second-order valence-electron chi connectivity index (χ2n) is 3.46. The molecule has 1 heterocycles. The van der Waals surface area contributed by atoms with Crippen LogP contribution in [0.5, 0.6) is 11.6 Å². The molecule has 1 aromatic carbocycles. The lowest BCUT2D eigenvalue weighted by atomic mass is 10.3. The van der Waals surface area contributed by atoms with Crippen LogP contribution in [0.1, 0.15) is 0 Å². The van der Waals surface area contributed by atoms with Gasteiger partial charge in [-0.15, -0.1) is 0 Å². The van der Waals surface area contributed by atoms with E-state index in [1.807, 2.05) is 0 Å². The molecule has 0 atom stereocenters.